The second kappa shape index (κ2) is 3.39. The number of halogens is 2. The smallest absolute Gasteiger partial charge is 0.0641 e. The molecule has 1 aliphatic rings. The van der Waals surface area contributed by atoms with Crippen molar-refractivity contribution in [2.45, 2.75) is 19.3 Å². The van der Waals surface area contributed by atoms with Gasteiger partial charge in [0.2, 0.25) is 0 Å². The molecule has 1 aromatic carbocycles. The van der Waals surface area contributed by atoms with Gasteiger partial charge in [-0.15, -0.1) is 0 Å². The van der Waals surface area contributed by atoms with Gasteiger partial charge in [-0.2, -0.15) is 0 Å². The summed E-state index contributed by atoms with van der Waals surface area (Å²) in [6.07, 6.45) is 1.10. The molecule has 1 nitrogen and oxygen atoms in total. The molecular formula is C10H11Cl2N. The van der Waals surface area contributed by atoms with E-state index in [1.165, 1.54) is 5.56 Å². The number of anilines is 1. The largest absolute Gasteiger partial charge is 0.383 e. The van der Waals surface area contributed by atoms with Gasteiger partial charge in [-0.1, -0.05) is 30.1 Å². The summed E-state index contributed by atoms with van der Waals surface area (Å²) >= 11 is 12.2. The van der Waals surface area contributed by atoms with E-state index in [1.807, 2.05) is 12.1 Å². The zero-order valence-electron chi connectivity index (χ0n) is 7.40. The summed E-state index contributed by atoms with van der Waals surface area (Å²) in [6, 6.07) is 3.71. The van der Waals surface area contributed by atoms with Crippen LogP contribution in [0.5, 0.6) is 0 Å². The molecule has 3 heteroatoms. The van der Waals surface area contributed by atoms with E-state index in [0.717, 1.165) is 28.7 Å². The maximum atomic E-state index is 6.12. The number of fused-ring (bicyclic) bond motifs is 1. The van der Waals surface area contributed by atoms with Gasteiger partial charge in [0, 0.05) is 23.0 Å². The van der Waals surface area contributed by atoms with Crippen LogP contribution in [-0.4, -0.2) is 6.54 Å². The molecule has 0 fully saturated rings. The molecule has 1 aliphatic heterocycles. The normalized spacial score (nSPS) is 19.8. The molecule has 1 aromatic rings. The molecule has 1 unspecified atom stereocenters. The molecule has 2 rings (SSSR count). The third-order valence-electron chi connectivity index (χ3n) is 2.57. The molecule has 1 atom stereocenters. The molecule has 0 aliphatic carbocycles. The van der Waals surface area contributed by atoms with Crippen molar-refractivity contribution in [1.82, 2.24) is 0 Å². The predicted octanol–water partition coefficient (Wildman–Crippen LogP) is 3.91. The van der Waals surface area contributed by atoms with Crippen molar-refractivity contribution in [3.8, 4) is 0 Å². The average Bonchev–Trinajstić information content (AvgIpc) is 2.56. The Morgan fingerprint density at radius 2 is 2.08 bits per heavy atom. The van der Waals surface area contributed by atoms with Crippen molar-refractivity contribution in [1.29, 1.82) is 0 Å². The van der Waals surface area contributed by atoms with Gasteiger partial charge in [-0.25, -0.2) is 0 Å². The van der Waals surface area contributed by atoms with Crippen molar-refractivity contribution in [2.75, 3.05) is 11.9 Å². The third-order valence-corrected chi connectivity index (χ3v) is 3.21. The summed E-state index contributed by atoms with van der Waals surface area (Å²) in [7, 11) is 0. The lowest BCUT2D eigenvalue weighted by atomic mass is 9.99. The van der Waals surface area contributed by atoms with E-state index in [0.29, 0.717) is 5.92 Å². The van der Waals surface area contributed by atoms with E-state index in [4.69, 9.17) is 23.2 Å². The molecule has 0 radical (unpaired) electrons. The van der Waals surface area contributed by atoms with Crippen LogP contribution in [0.2, 0.25) is 10.0 Å². The summed E-state index contributed by atoms with van der Waals surface area (Å²) < 4.78 is 0. The van der Waals surface area contributed by atoms with Crippen molar-refractivity contribution in [3.63, 3.8) is 0 Å². The molecule has 0 aromatic heterocycles. The first-order valence-electron chi connectivity index (χ1n) is 4.45. The zero-order chi connectivity index (χ0) is 9.42. The fourth-order valence-corrected chi connectivity index (χ4v) is 2.37. The average molecular weight is 216 g/mol. The number of hydrogen-bond donors (Lipinski definition) is 1. The van der Waals surface area contributed by atoms with Crippen LogP contribution in [0.1, 0.15) is 24.8 Å². The molecule has 0 saturated heterocycles. The van der Waals surface area contributed by atoms with E-state index in [-0.39, 0.29) is 0 Å². The Labute approximate surface area is 88.0 Å². The fourth-order valence-electron chi connectivity index (χ4n) is 1.82. The molecule has 1 heterocycles. The number of nitrogens with one attached hydrogen (secondary N) is 1. The summed E-state index contributed by atoms with van der Waals surface area (Å²) in [6.45, 7) is 3.12. The van der Waals surface area contributed by atoms with E-state index < -0.39 is 0 Å². The van der Waals surface area contributed by atoms with Crippen molar-refractivity contribution in [3.05, 3.63) is 27.7 Å². The highest BCUT2D eigenvalue weighted by Crippen LogP contribution is 2.42. The van der Waals surface area contributed by atoms with Gasteiger partial charge in [-0.3, -0.25) is 0 Å². The van der Waals surface area contributed by atoms with Crippen molar-refractivity contribution in [2.24, 2.45) is 0 Å². The van der Waals surface area contributed by atoms with E-state index in [2.05, 4.69) is 12.2 Å². The van der Waals surface area contributed by atoms with Crippen LogP contribution >= 0.6 is 23.2 Å². The topological polar surface area (TPSA) is 12.0 Å². The first-order valence-corrected chi connectivity index (χ1v) is 5.21. The van der Waals surface area contributed by atoms with Crippen LogP contribution < -0.4 is 5.32 Å². The molecular weight excluding hydrogens is 205 g/mol. The monoisotopic (exact) mass is 215 g/mol. The van der Waals surface area contributed by atoms with Crippen molar-refractivity contribution >= 4 is 28.9 Å². The molecule has 0 saturated carbocycles. The Kier molecular flexibility index (Phi) is 2.39. The van der Waals surface area contributed by atoms with Gasteiger partial charge in [-0.05, 0) is 18.6 Å². The van der Waals surface area contributed by atoms with Crippen LogP contribution in [0.3, 0.4) is 0 Å². The lowest BCUT2D eigenvalue weighted by molar-refractivity contribution is 0.727. The molecule has 0 spiro atoms. The predicted molar refractivity (Wildman–Crippen MR) is 58.0 cm³/mol. The maximum Gasteiger partial charge on any atom is 0.0641 e. The van der Waals surface area contributed by atoms with Gasteiger partial charge in [0.25, 0.3) is 0 Å². The van der Waals surface area contributed by atoms with Gasteiger partial charge in [0.15, 0.2) is 0 Å². The van der Waals surface area contributed by atoms with Gasteiger partial charge < -0.3 is 5.32 Å². The highest BCUT2D eigenvalue weighted by Gasteiger charge is 2.24. The lowest BCUT2D eigenvalue weighted by Gasteiger charge is -2.08. The van der Waals surface area contributed by atoms with Gasteiger partial charge >= 0.3 is 0 Å². The number of rotatable bonds is 1. The SMILES string of the molecule is CCC1CNc2c(Cl)ccc(Cl)c21. The summed E-state index contributed by atoms with van der Waals surface area (Å²) in [5.74, 6) is 0.515. The molecule has 13 heavy (non-hydrogen) atoms. The molecule has 0 bridgehead atoms. The zero-order valence-corrected chi connectivity index (χ0v) is 8.91. The Morgan fingerprint density at radius 1 is 1.38 bits per heavy atom. The van der Waals surface area contributed by atoms with Crippen LogP contribution in [0.15, 0.2) is 12.1 Å². The minimum absolute atomic E-state index is 0.515. The summed E-state index contributed by atoms with van der Waals surface area (Å²) in [5.41, 5.74) is 2.22. The van der Waals surface area contributed by atoms with E-state index >= 15 is 0 Å². The van der Waals surface area contributed by atoms with Crippen LogP contribution in [-0.2, 0) is 0 Å². The lowest BCUT2D eigenvalue weighted by Crippen LogP contribution is -1.99. The van der Waals surface area contributed by atoms with Crippen molar-refractivity contribution < 1.29 is 0 Å². The number of hydrogen-bond acceptors (Lipinski definition) is 1. The van der Waals surface area contributed by atoms with Crippen LogP contribution in [0, 0.1) is 0 Å². The van der Waals surface area contributed by atoms with Crippen LogP contribution in [0.4, 0.5) is 5.69 Å². The third kappa shape index (κ3) is 1.40. The minimum Gasteiger partial charge on any atom is -0.383 e. The quantitative estimate of drug-likeness (QED) is 0.750. The highest BCUT2D eigenvalue weighted by atomic mass is 35.5. The Bertz CT molecular complexity index is 336. The number of benzene rings is 1. The summed E-state index contributed by atoms with van der Waals surface area (Å²) in [4.78, 5) is 0. The van der Waals surface area contributed by atoms with Crippen LogP contribution in [0.25, 0.3) is 0 Å². The Morgan fingerprint density at radius 3 is 2.77 bits per heavy atom. The Hall–Kier alpha value is -0.400. The minimum atomic E-state index is 0.515. The molecule has 0 amide bonds. The molecule has 70 valence electrons. The fraction of sp³-hybridized carbons (Fsp3) is 0.400. The molecule has 1 N–H and O–H groups in total. The second-order valence-corrected chi connectivity index (χ2v) is 4.12. The van der Waals surface area contributed by atoms with Gasteiger partial charge in [0.1, 0.15) is 0 Å². The first-order chi connectivity index (χ1) is 6.24. The second-order valence-electron chi connectivity index (χ2n) is 3.30. The maximum absolute atomic E-state index is 6.12. The summed E-state index contributed by atoms with van der Waals surface area (Å²) in [5, 5.41) is 4.90. The van der Waals surface area contributed by atoms with Gasteiger partial charge in [0.05, 0.1) is 10.7 Å². The standard InChI is InChI=1S/C10H11Cl2N/c1-2-6-5-13-10-8(12)4-3-7(11)9(6)10/h3-4,6,13H,2,5H2,1H3. The highest BCUT2D eigenvalue weighted by molar-refractivity contribution is 6.36. The van der Waals surface area contributed by atoms with E-state index in [1.54, 1.807) is 0 Å². The first kappa shape index (κ1) is 9.17. The Balaban J connectivity index is 2.55. The van der Waals surface area contributed by atoms with E-state index in [9.17, 15) is 0 Å².